The molecule has 6 heteroatoms. The van der Waals surface area contributed by atoms with Crippen LogP contribution < -0.4 is 9.47 Å². The van der Waals surface area contributed by atoms with Crippen LogP contribution in [-0.2, 0) is 0 Å². The average molecular weight is 289 g/mol. The summed E-state index contributed by atoms with van der Waals surface area (Å²) >= 11 is 1.58. The van der Waals surface area contributed by atoms with Crippen LogP contribution in [0.25, 0.3) is 16.2 Å². The van der Waals surface area contributed by atoms with Crippen molar-refractivity contribution < 1.29 is 9.47 Å². The Morgan fingerprint density at radius 2 is 1.85 bits per heavy atom. The molecule has 0 aliphatic heterocycles. The molecule has 3 rings (SSSR count). The number of aromatic nitrogens is 3. The predicted molar refractivity (Wildman–Crippen MR) is 78.9 cm³/mol. The molecule has 1 aromatic carbocycles. The zero-order valence-electron chi connectivity index (χ0n) is 11.8. The molecule has 0 spiro atoms. The van der Waals surface area contributed by atoms with E-state index in [-0.39, 0.29) is 0 Å². The second-order valence-corrected chi connectivity index (χ2v) is 5.59. The highest BCUT2D eigenvalue weighted by molar-refractivity contribution is 7.16. The Balaban J connectivity index is 2.22. The number of hydrogen-bond donors (Lipinski definition) is 0. The van der Waals surface area contributed by atoms with E-state index >= 15 is 0 Å². The summed E-state index contributed by atoms with van der Waals surface area (Å²) in [6.45, 7) is 3.97. The molecule has 3 aromatic rings. The first-order valence-corrected chi connectivity index (χ1v) is 7.01. The van der Waals surface area contributed by atoms with Gasteiger partial charge in [-0.15, -0.1) is 0 Å². The Morgan fingerprint density at radius 1 is 1.10 bits per heavy atom. The first kappa shape index (κ1) is 12.9. The van der Waals surface area contributed by atoms with E-state index in [1.165, 1.54) is 0 Å². The average Bonchev–Trinajstić information content (AvgIpc) is 2.92. The van der Waals surface area contributed by atoms with Crippen molar-refractivity contribution in [3.8, 4) is 22.8 Å². The molecule has 2 heterocycles. The van der Waals surface area contributed by atoms with Crippen molar-refractivity contribution in [3.63, 3.8) is 0 Å². The van der Waals surface area contributed by atoms with E-state index in [1.54, 1.807) is 25.6 Å². The zero-order chi connectivity index (χ0) is 14.3. The third-order valence-electron chi connectivity index (χ3n) is 3.14. The highest BCUT2D eigenvalue weighted by Crippen LogP contribution is 2.34. The minimum Gasteiger partial charge on any atom is -0.493 e. The minimum atomic E-state index is 0.700. The Hall–Kier alpha value is -2.08. The first-order valence-electron chi connectivity index (χ1n) is 6.19. The number of methoxy groups -OCH3 is 2. The highest BCUT2D eigenvalue weighted by atomic mass is 32.1. The Labute approximate surface area is 120 Å². The molecule has 0 radical (unpaired) electrons. The van der Waals surface area contributed by atoms with E-state index in [9.17, 15) is 0 Å². The standard InChI is InChI=1S/C14H15N3O2S/c1-8-13(17-14(15-8)20-9(2)16-17)10-5-6-11(18-3)12(7-10)19-4/h5-7H,1-4H3. The van der Waals surface area contributed by atoms with Crippen LogP contribution in [-0.4, -0.2) is 28.8 Å². The molecule has 104 valence electrons. The number of aryl methyl sites for hydroxylation is 2. The lowest BCUT2D eigenvalue weighted by molar-refractivity contribution is 0.355. The molecular weight excluding hydrogens is 274 g/mol. The molecule has 5 nitrogen and oxygen atoms in total. The number of imidazole rings is 1. The quantitative estimate of drug-likeness (QED) is 0.743. The Morgan fingerprint density at radius 3 is 2.55 bits per heavy atom. The summed E-state index contributed by atoms with van der Waals surface area (Å²) in [6, 6.07) is 5.84. The van der Waals surface area contributed by atoms with E-state index < -0.39 is 0 Å². The molecule has 0 saturated carbocycles. The van der Waals surface area contributed by atoms with Crippen molar-refractivity contribution >= 4 is 16.3 Å². The van der Waals surface area contributed by atoms with Gasteiger partial charge in [-0.05, 0) is 32.0 Å². The molecule has 2 aromatic heterocycles. The summed E-state index contributed by atoms with van der Waals surface area (Å²) in [6.07, 6.45) is 0. The van der Waals surface area contributed by atoms with Gasteiger partial charge in [0.05, 0.1) is 25.6 Å². The molecule has 0 atom stereocenters. The van der Waals surface area contributed by atoms with Gasteiger partial charge in [-0.25, -0.2) is 9.50 Å². The van der Waals surface area contributed by atoms with Crippen LogP contribution in [0.4, 0.5) is 0 Å². The first-order chi connectivity index (χ1) is 9.63. The maximum Gasteiger partial charge on any atom is 0.212 e. The molecule has 0 bridgehead atoms. The van der Waals surface area contributed by atoms with E-state index in [0.29, 0.717) is 11.5 Å². The van der Waals surface area contributed by atoms with Crippen molar-refractivity contribution in [1.82, 2.24) is 14.6 Å². The van der Waals surface area contributed by atoms with Crippen molar-refractivity contribution in [2.45, 2.75) is 13.8 Å². The fourth-order valence-corrected chi connectivity index (χ4v) is 3.05. The monoisotopic (exact) mass is 289 g/mol. The predicted octanol–water partition coefficient (Wildman–Crippen LogP) is 3.09. The third kappa shape index (κ3) is 1.92. The van der Waals surface area contributed by atoms with Crippen molar-refractivity contribution in [1.29, 1.82) is 0 Å². The Kier molecular flexibility index (Phi) is 3.10. The molecular formula is C14H15N3O2S. The Bertz CT molecular complexity index is 776. The van der Waals surface area contributed by atoms with Gasteiger partial charge in [-0.1, -0.05) is 11.3 Å². The van der Waals surface area contributed by atoms with Crippen LogP contribution in [0.3, 0.4) is 0 Å². The van der Waals surface area contributed by atoms with Gasteiger partial charge < -0.3 is 9.47 Å². The lowest BCUT2D eigenvalue weighted by atomic mass is 10.1. The number of fused-ring (bicyclic) bond motifs is 1. The van der Waals surface area contributed by atoms with Gasteiger partial charge in [0.2, 0.25) is 4.96 Å². The molecule has 0 aliphatic rings. The number of benzene rings is 1. The van der Waals surface area contributed by atoms with E-state index in [2.05, 4.69) is 10.1 Å². The van der Waals surface area contributed by atoms with Crippen LogP contribution in [0.1, 0.15) is 10.7 Å². The van der Waals surface area contributed by atoms with Crippen LogP contribution in [0.15, 0.2) is 18.2 Å². The van der Waals surface area contributed by atoms with E-state index in [0.717, 1.165) is 26.9 Å². The topological polar surface area (TPSA) is 48.7 Å². The summed E-state index contributed by atoms with van der Waals surface area (Å²) in [5.41, 5.74) is 2.96. The fraction of sp³-hybridized carbons (Fsp3) is 0.286. The van der Waals surface area contributed by atoms with E-state index in [4.69, 9.17) is 9.47 Å². The van der Waals surface area contributed by atoms with Crippen LogP contribution in [0, 0.1) is 13.8 Å². The van der Waals surface area contributed by atoms with Crippen LogP contribution >= 0.6 is 11.3 Å². The summed E-state index contributed by atoms with van der Waals surface area (Å²) in [5, 5.41) is 5.50. The SMILES string of the molecule is COc1ccc(-c2c(C)nc3sc(C)nn23)cc1OC. The minimum absolute atomic E-state index is 0.700. The molecule has 20 heavy (non-hydrogen) atoms. The summed E-state index contributed by atoms with van der Waals surface area (Å²) < 4.78 is 12.5. The zero-order valence-corrected chi connectivity index (χ0v) is 12.6. The maximum absolute atomic E-state index is 5.36. The van der Waals surface area contributed by atoms with Crippen molar-refractivity contribution in [2.75, 3.05) is 14.2 Å². The van der Waals surface area contributed by atoms with Crippen molar-refractivity contribution in [2.24, 2.45) is 0 Å². The van der Waals surface area contributed by atoms with Gasteiger partial charge in [0.15, 0.2) is 11.5 Å². The molecule has 0 unspecified atom stereocenters. The number of ether oxygens (including phenoxy) is 2. The van der Waals surface area contributed by atoms with Gasteiger partial charge in [0.1, 0.15) is 5.01 Å². The number of nitrogens with zero attached hydrogens (tertiary/aromatic N) is 3. The molecule has 0 N–H and O–H groups in total. The summed E-state index contributed by atoms with van der Waals surface area (Å²) in [7, 11) is 3.26. The van der Waals surface area contributed by atoms with Gasteiger partial charge in [-0.3, -0.25) is 0 Å². The largest absolute Gasteiger partial charge is 0.493 e. The van der Waals surface area contributed by atoms with Crippen LogP contribution in [0.2, 0.25) is 0 Å². The van der Waals surface area contributed by atoms with Gasteiger partial charge in [0, 0.05) is 5.56 Å². The summed E-state index contributed by atoms with van der Waals surface area (Å²) in [4.78, 5) is 5.46. The van der Waals surface area contributed by atoms with Gasteiger partial charge in [-0.2, -0.15) is 5.10 Å². The molecule has 0 saturated heterocycles. The summed E-state index contributed by atoms with van der Waals surface area (Å²) in [5.74, 6) is 1.41. The maximum atomic E-state index is 5.36. The van der Waals surface area contributed by atoms with Gasteiger partial charge >= 0.3 is 0 Å². The normalized spacial score (nSPS) is 11.0. The lowest BCUT2D eigenvalue weighted by Crippen LogP contribution is -1.94. The van der Waals surface area contributed by atoms with Crippen LogP contribution in [0.5, 0.6) is 11.5 Å². The van der Waals surface area contributed by atoms with Crippen molar-refractivity contribution in [3.05, 3.63) is 28.9 Å². The fourth-order valence-electron chi connectivity index (χ4n) is 2.26. The van der Waals surface area contributed by atoms with Gasteiger partial charge in [0.25, 0.3) is 0 Å². The second kappa shape index (κ2) is 4.79. The smallest absolute Gasteiger partial charge is 0.212 e. The number of rotatable bonds is 3. The molecule has 0 amide bonds. The highest BCUT2D eigenvalue weighted by Gasteiger charge is 2.16. The lowest BCUT2D eigenvalue weighted by Gasteiger charge is -2.09. The second-order valence-electron chi connectivity index (χ2n) is 4.43. The number of hydrogen-bond acceptors (Lipinski definition) is 5. The third-order valence-corrected chi connectivity index (χ3v) is 3.96. The molecule has 0 fully saturated rings. The van der Waals surface area contributed by atoms with E-state index in [1.807, 2.05) is 36.6 Å². The molecule has 0 aliphatic carbocycles.